The third-order valence-electron chi connectivity index (χ3n) is 8.20. The molecule has 0 saturated carbocycles. The van der Waals surface area contributed by atoms with Crippen LogP contribution in [-0.2, 0) is 18.4 Å². The fraction of sp³-hybridized carbons (Fsp3) is 0.893. The van der Waals surface area contributed by atoms with Crippen LogP contribution in [0.2, 0.25) is 34.8 Å². The highest BCUT2D eigenvalue weighted by Gasteiger charge is 2.45. The number of aldehydes is 1. The van der Waals surface area contributed by atoms with Crippen LogP contribution in [-0.4, -0.2) is 48.8 Å². The summed E-state index contributed by atoms with van der Waals surface area (Å²) in [5.41, 5.74) is 2.97. The molecule has 0 unspecified atom stereocenters. The summed E-state index contributed by atoms with van der Waals surface area (Å²) in [7, 11) is -2.21. The Labute approximate surface area is 214 Å². The van der Waals surface area contributed by atoms with Gasteiger partial charge in [0.2, 0.25) is 0 Å². The molecule has 0 spiro atoms. The second-order valence-corrected chi connectivity index (χ2v) is 22.8. The fourth-order valence-corrected chi connectivity index (χ4v) is 11.9. The van der Waals surface area contributed by atoms with Crippen LogP contribution in [0.1, 0.15) is 95.4 Å². The van der Waals surface area contributed by atoms with Crippen molar-refractivity contribution in [1.82, 2.24) is 0 Å². The van der Waals surface area contributed by atoms with E-state index in [0.29, 0.717) is 35.4 Å². The van der Waals surface area contributed by atoms with E-state index in [4.69, 9.17) is 13.6 Å². The van der Waals surface area contributed by atoms with E-state index >= 15 is 0 Å². The van der Waals surface area contributed by atoms with E-state index < -0.39 is 16.6 Å². The Balaban J connectivity index is 5.95. The number of hydrogen-bond acceptors (Lipinski definition) is 4. The summed E-state index contributed by atoms with van der Waals surface area (Å²) in [4.78, 5) is 11.2. The minimum Gasteiger partial charge on any atom is -0.415 e. The predicted molar refractivity (Wildman–Crippen MR) is 153 cm³/mol. The van der Waals surface area contributed by atoms with E-state index in [1.165, 1.54) is 5.57 Å². The normalized spacial score (nSPS) is 16.9. The molecule has 3 atom stereocenters. The van der Waals surface area contributed by atoms with Gasteiger partial charge in [0, 0.05) is 26.6 Å². The van der Waals surface area contributed by atoms with E-state index in [0.717, 1.165) is 19.3 Å². The van der Waals surface area contributed by atoms with Gasteiger partial charge in [0.05, 0.1) is 12.2 Å². The van der Waals surface area contributed by atoms with Crippen LogP contribution < -0.4 is 0 Å². The van der Waals surface area contributed by atoms with Crippen molar-refractivity contribution < 1.29 is 18.4 Å². The Hall–Kier alpha value is -0.276. The van der Waals surface area contributed by atoms with E-state index in [-0.39, 0.29) is 17.2 Å². The lowest BCUT2D eigenvalue weighted by Gasteiger charge is -2.43. The van der Waals surface area contributed by atoms with Gasteiger partial charge in [-0.25, -0.2) is 0 Å². The maximum atomic E-state index is 11.2. The van der Waals surface area contributed by atoms with Gasteiger partial charge in [-0.3, -0.25) is 0 Å². The van der Waals surface area contributed by atoms with Crippen LogP contribution in [0.5, 0.6) is 0 Å². The molecule has 6 heteroatoms. The summed E-state index contributed by atoms with van der Waals surface area (Å²) in [5, 5.41) is 0.114. The molecule has 202 valence electrons. The van der Waals surface area contributed by atoms with Gasteiger partial charge >= 0.3 is 0 Å². The zero-order chi connectivity index (χ0) is 26.9. The zero-order valence-corrected chi connectivity index (χ0v) is 27.1. The number of carbonyl (C=O) groups is 1. The van der Waals surface area contributed by atoms with Gasteiger partial charge < -0.3 is 18.4 Å². The monoisotopic (exact) mass is 514 g/mol. The summed E-state index contributed by atoms with van der Waals surface area (Å²) in [6.07, 6.45) is 5.28. The molecular formula is C28H58O4Si2. The van der Waals surface area contributed by atoms with Crippen LogP contribution in [0.25, 0.3) is 0 Å². The van der Waals surface area contributed by atoms with E-state index in [1.807, 2.05) is 0 Å². The first-order chi connectivity index (χ1) is 15.5. The molecule has 0 aromatic heterocycles. The first-order valence-electron chi connectivity index (χ1n) is 13.5. The molecule has 0 aromatic rings. The topological polar surface area (TPSA) is 44.8 Å². The standard InChI is InChI=1S/C28H58O4Si2/c1-15-25(20-31-34(21(2)3,22(4)5)23(6)7)18-24(8)27(19-26(30-12)16-17-29)32-33(13,14)28(9,10)11/h17-18,21-23,25-27H,15-16,19-20H2,1-14H3/b24-18-/t25-,26+,27+/m1/s1. The maximum Gasteiger partial charge on any atom is 0.200 e. The molecule has 0 fully saturated rings. The van der Waals surface area contributed by atoms with Gasteiger partial charge in [-0.2, -0.15) is 0 Å². The summed E-state index contributed by atoms with van der Waals surface area (Å²) in [6.45, 7) is 30.7. The Kier molecular flexibility index (Phi) is 14.3. The quantitative estimate of drug-likeness (QED) is 0.118. The molecule has 0 rings (SSSR count). The van der Waals surface area contributed by atoms with Crippen LogP contribution in [0.15, 0.2) is 11.6 Å². The summed E-state index contributed by atoms with van der Waals surface area (Å²) < 4.78 is 19.5. The molecule has 0 N–H and O–H groups in total. The number of hydrogen-bond donors (Lipinski definition) is 0. The highest BCUT2D eigenvalue weighted by atomic mass is 28.4. The van der Waals surface area contributed by atoms with Crippen molar-refractivity contribution in [3.63, 3.8) is 0 Å². The molecule has 0 radical (unpaired) electrons. The average molecular weight is 515 g/mol. The molecule has 0 aliphatic heterocycles. The van der Waals surface area contributed by atoms with Crippen LogP contribution >= 0.6 is 0 Å². The highest BCUT2D eigenvalue weighted by molar-refractivity contribution is 6.77. The van der Waals surface area contributed by atoms with Gasteiger partial charge in [0.25, 0.3) is 0 Å². The minimum absolute atomic E-state index is 0.0536. The van der Waals surface area contributed by atoms with Gasteiger partial charge in [-0.1, -0.05) is 75.3 Å². The smallest absolute Gasteiger partial charge is 0.200 e. The Bertz CT molecular complexity index is 599. The molecular weight excluding hydrogens is 456 g/mol. The van der Waals surface area contributed by atoms with E-state index in [9.17, 15) is 4.79 Å². The summed E-state index contributed by atoms with van der Waals surface area (Å²) in [6, 6.07) is 0. The predicted octanol–water partition coefficient (Wildman–Crippen LogP) is 8.54. The second kappa shape index (κ2) is 14.5. The number of rotatable bonds is 16. The van der Waals surface area contributed by atoms with Crippen molar-refractivity contribution in [2.75, 3.05) is 13.7 Å². The van der Waals surface area contributed by atoms with E-state index in [1.54, 1.807) is 7.11 Å². The van der Waals surface area contributed by atoms with Gasteiger partial charge in [0.15, 0.2) is 16.6 Å². The molecule has 0 heterocycles. The largest absolute Gasteiger partial charge is 0.415 e. The Morgan fingerprint density at radius 2 is 1.47 bits per heavy atom. The number of ether oxygens (including phenoxy) is 1. The average Bonchev–Trinajstić information content (AvgIpc) is 2.70. The van der Waals surface area contributed by atoms with Crippen LogP contribution in [0.3, 0.4) is 0 Å². The first-order valence-corrected chi connectivity index (χ1v) is 18.5. The van der Waals surface area contributed by atoms with Crippen LogP contribution in [0, 0.1) is 5.92 Å². The zero-order valence-electron chi connectivity index (χ0n) is 25.1. The molecule has 0 aliphatic rings. The molecule has 0 saturated heterocycles. The lowest BCUT2D eigenvalue weighted by atomic mass is 9.98. The molecule has 34 heavy (non-hydrogen) atoms. The van der Waals surface area contributed by atoms with Crippen molar-refractivity contribution in [2.24, 2.45) is 5.92 Å². The lowest BCUT2D eigenvalue weighted by Crippen LogP contribution is -2.48. The molecule has 0 amide bonds. The maximum absolute atomic E-state index is 11.2. The molecule has 0 aliphatic carbocycles. The number of methoxy groups -OCH3 is 1. The van der Waals surface area contributed by atoms with Crippen LogP contribution in [0.4, 0.5) is 0 Å². The minimum atomic E-state index is -2.00. The van der Waals surface area contributed by atoms with Crippen molar-refractivity contribution >= 4 is 22.9 Å². The van der Waals surface area contributed by atoms with Gasteiger partial charge in [-0.05, 0) is 59.6 Å². The van der Waals surface area contributed by atoms with Crippen molar-refractivity contribution in [1.29, 1.82) is 0 Å². The van der Waals surface area contributed by atoms with Gasteiger partial charge in [-0.15, -0.1) is 0 Å². The Morgan fingerprint density at radius 1 is 0.971 bits per heavy atom. The fourth-order valence-electron chi connectivity index (χ4n) is 5.01. The summed E-state index contributed by atoms with van der Waals surface area (Å²) in [5.74, 6) is 0.348. The number of carbonyl (C=O) groups excluding carboxylic acids is 1. The molecule has 0 bridgehead atoms. The van der Waals surface area contributed by atoms with Crippen molar-refractivity contribution in [3.8, 4) is 0 Å². The third kappa shape index (κ3) is 9.31. The van der Waals surface area contributed by atoms with Gasteiger partial charge in [0.1, 0.15) is 6.29 Å². The second-order valence-electron chi connectivity index (χ2n) is 12.6. The first kappa shape index (κ1) is 33.7. The summed E-state index contributed by atoms with van der Waals surface area (Å²) >= 11 is 0. The highest BCUT2D eigenvalue weighted by Crippen LogP contribution is 2.43. The van der Waals surface area contributed by atoms with Crippen molar-refractivity contribution in [3.05, 3.63) is 11.6 Å². The Morgan fingerprint density at radius 3 is 1.82 bits per heavy atom. The lowest BCUT2D eigenvalue weighted by molar-refractivity contribution is -0.110. The third-order valence-corrected chi connectivity index (χ3v) is 18.8. The van der Waals surface area contributed by atoms with E-state index in [2.05, 4.69) is 95.3 Å². The van der Waals surface area contributed by atoms with Crippen molar-refractivity contribution in [2.45, 2.75) is 142 Å². The SMILES string of the molecule is CC[C@H](/C=C(/C)[C@H](C[C@H](CC=O)OC)O[Si](C)(C)C(C)(C)C)CO[Si](C(C)C)(C(C)C)C(C)C. The molecule has 4 nitrogen and oxygen atoms in total. The molecule has 0 aromatic carbocycles.